The third kappa shape index (κ3) is 4.55. The SMILES string of the molecule is CCCN(C(=O)C(N)C(C)(C)C)C(C)c1ccccc1Br. The van der Waals surface area contributed by atoms with Crippen LogP contribution in [0.3, 0.4) is 0 Å². The Morgan fingerprint density at radius 3 is 2.38 bits per heavy atom. The van der Waals surface area contributed by atoms with Crippen molar-refractivity contribution in [2.24, 2.45) is 11.1 Å². The summed E-state index contributed by atoms with van der Waals surface area (Å²) in [5, 5.41) is 0. The van der Waals surface area contributed by atoms with Crippen LogP contribution in [0, 0.1) is 5.41 Å². The van der Waals surface area contributed by atoms with Gasteiger partial charge in [-0.1, -0.05) is 61.8 Å². The number of nitrogens with two attached hydrogens (primary N) is 1. The van der Waals surface area contributed by atoms with Gasteiger partial charge in [0.25, 0.3) is 0 Å². The van der Waals surface area contributed by atoms with Crippen molar-refractivity contribution in [2.45, 2.75) is 53.1 Å². The molecule has 21 heavy (non-hydrogen) atoms. The maximum absolute atomic E-state index is 12.8. The third-order valence-corrected chi connectivity index (χ3v) is 4.49. The van der Waals surface area contributed by atoms with Gasteiger partial charge in [-0.2, -0.15) is 0 Å². The van der Waals surface area contributed by atoms with Crippen molar-refractivity contribution in [3.8, 4) is 0 Å². The van der Waals surface area contributed by atoms with E-state index in [-0.39, 0.29) is 17.4 Å². The zero-order chi connectivity index (χ0) is 16.2. The number of carbonyl (C=O) groups is 1. The Hall–Kier alpha value is -0.870. The first kappa shape index (κ1) is 18.2. The van der Waals surface area contributed by atoms with E-state index in [4.69, 9.17) is 5.73 Å². The molecule has 1 aromatic carbocycles. The predicted octanol–water partition coefficient (Wildman–Crippen LogP) is 4.12. The molecule has 0 aromatic heterocycles. The number of carbonyl (C=O) groups excluding carboxylic acids is 1. The van der Waals surface area contributed by atoms with E-state index in [1.807, 2.05) is 49.9 Å². The second-order valence-electron chi connectivity index (χ2n) is 6.57. The largest absolute Gasteiger partial charge is 0.335 e. The lowest BCUT2D eigenvalue weighted by atomic mass is 9.86. The highest BCUT2D eigenvalue weighted by Gasteiger charge is 2.33. The molecule has 118 valence electrons. The van der Waals surface area contributed by atoms with Crippen molar-refractivity contribution in [3.05, 3.63) is 34.3 Å². The molecule has 0 spiro atoms. The molecule has 2 atom stereocenters. The van der Waals surface area contributed by atoms with E-state index in [1.165, 1.54) is 0 Å². The van der Waals surface area contributed by atoms with Gasteiger partial charge in [0.05, 0.1) is 12.1 Å². The summed E-state index contributed by atoms with van der Waals surface area (Å²) in [5.41, 5.74) is 7.05. The fraction of sp³-hybridized carbons (Fsp3) is 0.588. The molecule has 2 unspecified atom stereocenters. The van der Waals surface area contributed by atoms with Crippen molar-refractivity contribution in [2.75, 3.05) is 6.54 Å². The van der Waals surface area contributed by atoms with Crippen molar-refractivity contribution < 1.29 is 4.79 Å². The molecule has 1 rings (SSSR count). The van der Waals surface area contributed by atoms with E-state index >= 15 is 0 Å². The molecule has 0 aliphatic heterocycles. The fourth-order valence-corrected chi connectivity index (χ4v) is 2.88. The van der Waals surface area contributed by atoms with Crippen LogP contribution in [0.4, 0.5) is 0 Å². The Morgan fingerprint density at radius 2 is 1.90 bits per heavy atom. The van der Waals surface area contributed by atoms with Crippen LogP contribution in [-0.4, -0.2) is 23.4 Å². The Kier molecular flexibility index (Phi) is 6.41. The minimum absolute atomic E-state index is 0.00132. The van der Waals surface area contributed by atoms with Crippen molar-refractivity contribution in [1.29, 1.82) is 0 Å². The minimum atomic E-state index is -0.492. The monoisotopic (exact) mass is 354 g/mol. The van der Waals surface area contributed by atoms with Crippen LogP contribution in [0.15, 0.2) is 28.7 Å². The molecule has 0 bridgehead atoms. The van der Waals surface area contributed by atoms with Gasteiger partial charge in [0, 0.05) is 11.0 Å². The maximum Gasteiger partial charge on any atom is 0.240 e. The van der Waals surface area contributed by atoms with Crippen LogP contribution in [0.25, 0.3) is 0 Å². The number of rotatable bonds is 5. The van der Waals surface area contributed by atoms with Gasteiger partial charge in [-0.3, -0.25) is 4.79 Å². The first-order valence-electron chi connectivity index (χ1n) is 7.50. The summed E-state index contributed by atoms with van der Waals surface area (Å²) >= 11 is 3.57. The van der Waals surface area contributed by atoms with Crippen LogP contribution < -0.4 is 5.73 Å². The number of hydrogen-bond acceptors (Lipinski definition) is 2. The molecule has 2 N–H and O–H groups in total. The van der Waals surface area contributed by atoms with Gasteiger partial charge in [-0.15, -0.1) is 0 Å². The number of amides is 1. The minimum Gasteiger partial charge on any atom is -0.335 e. The predicted molar refractivity (Wildman–Crippen MR) is 92.0 cm³/mol. The van der Waals surface area contributed by atoms with Gasteiger partial charge in [0.15, 0.2) is 0 Å². The molecule has 0 radical (unpaired) electrons. The van der Waals surface area contributed by atoms with E-state index in [0.29, 0.717) is 6.54 Å². The quantitative estimate of drug-likeness (QED) is 0.864. The average molecular weight is 355 g/mol. The number of nitrogens with zero attached hydrogens (tertiary/aromatic N) is 1. The lowest BCUT2D eigenvalue weighted by Gasteiger charge is -2.36. The smallest absolute Gasteiger partial charge is 0.240 e. The normalized spacial score (nSPS) is 14.6. The fourth-order valence-electron chi connectivity index (χ4n) is 2.27. The highest BCUT2D eigenvalue weighted by molar-refractivity contribution is 9.10. The number of hydrogen-bond donors (Lipinski definition) is 1. The summed E-state index contributed by atoms with van der Waals surface area (Å²) in [4.78, 5) is 14.7. The van der Waals surface area contributed by atoms with Gasteiger partial charge in [-0.25, -0.2) is 0 Å². The van der Waals surface area contributed by atoms with Crippen LogP contribution in [0.1, 0.15) is 52.6 Å². The summed E-state index contributed by atoms with van der Waals surface area (Å²) in [7, 11) is 0. The summed E-state index contributed by atoms with van der Waals surface area (Å²) < 4.78 is 1.02. The maximum atomic E-state index is 12.8. The number of benzene rings is 1. The lowest BCUT2D eigenvalue weighted by molar-refractivity contribution is -0.137. The second-order valence-corrected chi connectivity index (χ2v) is 7.43. The summed E-state index contributed by atoms with van der Waals surface area (Å²) in [6, 6.07) is 7.54. The zero-order valence-corrected chi connectivity index (χ0v) is 15.3. The molecule has 1 amide bonds. The molecule has 0 aliphatic rings. The standard InChI is InChI=1S/C17H27BrN2O/c1-6-11-20(16(21)15(19)17(3,4)5)12(2)13-9-7-8-10-14(13)18/h7-10,12,15H,6,11,19H2,1-5H3. The van der Waals surface area contributed by atoms with Gasteiger partial charge >= 0.3 is 0 Å². The molecule has 0 aliphatic carbocycles. The molecule has 1 aromatic rings. The van der Waals surface area contributed by atoms with Gasteiger partial charge in [-0.05, 0) is 30.4 Å². The first-order chi connectivity index (χ1) is 9.70. The van der Waals surface area contributed by atoms with E-state index < -0.39 is 6.04 Å². The Labute approximate surface area is 137 Å². The van der Waals surface area contributed by atoms with E-state index in [0.717, 1.165) is 16.5 Å². The highest BCUT2D eigenvalue weighted by Crippen LogP contribution is 2.29. The number of halogens is 1. The Bertz CT molecular complexity index is 482. The van der Waals surface area contributed by atoms with Gasteiger partial charge in [0.2, 0.25) is 5.91 Å². The van der Waals surface area contributed by atoms with Crippen LogP contribution in [-0.2, 0) is 4.79 Å². The molecular formula is C17H27BrN2O. The van der Waals surface area contributed by atoms with Crippen LogP contribution in [0.2, 0.25) is 0 Å². The van der Waals surface area contributed by atoms with Gasteiger partial charge < -0.3 is 10.6 Å². The zero-order valence-electron chi connectivity index (χ0n) is 13.7. The summed E-state index contributed by atoms with van der Waals surface area (Å²) in [6.07, 6.45) is 0.914. The average Bonchev–Trinajstić information content (AvgIpc) is 2.42. The van der Waals surface area contributed by atoms with Crippen molar-refractivity contribution in [1.82, 2.24) is 4.90 Å². The molecule has 0 saturated heterocycles. The summed E-state index contributed by atoms with van der Waals surface area (Å²) in [5.74, 6) is 0.0209. The van der Waals surface area contributed by atoms with Crippen LogP contribution >= 0.6 is 15.9 Å². The Morgan fingerprint density at radius 1 is 1.33 bits per heavy atom. The van der Waals surface area contributed by atoms with E-state index in [1.54, 1.807) is 0 Å². The third-order valence-electron chi connectivity index (χ3n) is 3.77. The molecule has 0 saturated carbocycles. The first-order valence-corrected chi connectivity index (χ1v) is 8.30. The second kappa shape index (κ2) is 7.41. The lowest BCUT2D eigenvalue weighted by Crippen LogP contribution is -2.51. The molecule has 0 fully saturated rings. The Balaban J connectivity index is 3.07. The molecule has 3 nitrogen and oxygen atoms in total. The topological polar surface area (TPSA) is 46.3 Å². The molecule has 0 heterocycles. The highest BCUT2D eigenvalue weighted by atomic mass is 79.9. The van der Waals surface area contributed by atoms with Crippen molar-refractivity contribution in [3.63, 3.8) is 0 Å². The summed E-state index contributed by atoms with van der Waals surface area (Å²) in [6.45, 7) is 10.9. The van der Waals surface area contributed by atoms with Gasteiger partial charge in [0.1, 0.15) is 0 Å². The van der Waals surface area contributed by atoms with Crippen LogP contribution in [0.5, 0.6) is 0 Å². The van der Waals surface area contributed by atoms with E-state index in [9.17, 15) is 4.79 Å². The van der Waals surface area contributed by atoms with Crippen molar-refractivity contribution >= 4 is 21.8 Å². The molecule has 4 heteroatoms. The molecular weight excluding hydrogens is 328 g/mol. The van der Waals surface area contributed by atoms with E-state index in [2.05, 4.69) is 29.8 Å².